The smallest absolute Gasteiger partial charge is 0.385 e. The lowest BCUT2D eigenvalue weighted by Crippen LogP contribution is -2.41. The van der Waals surface area contributed by atoms with Crippen LogP contribution < -0.4 is 5.73 Å². The summed E-state index contributed by atoms with van der Waals surface area (Å²) in [4.78, 5) is 19.8. The molecule has 1 aliphatic heterocycles. The molecule has 1 saturated heterocycles. The zero-order valence-electron chi connectivity index (χ0n) is 19.8. The molecule has 1 fully saturated rings. The van der Waals surface area contributed by atoms with E-state index >= 15 is 0 Å². The highest BCUT2D eigenvalue weighted by molar-refractivity contribution is 5.78. The molecule has 9 heteroatoms. The molecule has 2 atom stereocenters. The zero-order valence-corrected chi connectivity index (χ0v) is 19.8. The Kier molecular flexibility index (Phi) is 7.76. The van der Waals surface area contributed by atoms with Crippen molar-refractivity contribution in [3.8, 4) is 0 Å². The van der Waals surface area contributed by atoms with Gasteiger partial charge in [-0.05, 0) is 49.1 Å². The number of benzene rings is 2. The molecule has 0 saturated carbocycles. The summed E-state index contributed by atoms with van der Waals surface area (Å²) < 4.78 is 46.6. The van der Waals surface area contributed by atoms with Gasteiger partial charge < -0.3 is 19.9 Å². The number of amides is 1. The van der Waals surface area contributed by atoms with Crippen LogP contribution in [0.3, 0.4) is 0 Å². The number of ether oxygens (including phenoxy) is 1. The molecular weight excluding hydrogens is 457 g/mol. The van der Waals surface area contributed by atoms with Crippen LogP contribution in [0.2, 0.25) is 0 Å². The van der Waals surface area contributed by atoms with Gasteiger partial charge in [0.1, 0.15) is 5.82 Å². The molecule has 4 rings (SSSR count). The number of piperidine rings is 1. The normalized spacial score (nSPS) is 17.6. The molecule has 1 aromatic heterocycles. The van der Waals surface area contributed by atoms with E-state index in [0.717, 1.165) is 54.8 Å². The average Bonchev–Trinajstić information content (AvgIpc) is 3.22. The van der Waals surface area contributed by atoms with Crippen molar-refractivity contribution < 1.29 is 22.7 Å². The van der Waals surface area contributed by atoms with E-state index in [1.54, 1.807) is 12.0 Å². The maximum atomic E-state index is 13.1. The Morgan fingerprint density at radius 2 is 2.03 bits per heavy atom. The van der Waals surface area contributed by atoms with Gasteiger partial charge in [-0.1, -0.05) is 24.3 Å². The first-order chi connectivity index (χ1) is 16.8. The molecule has 2 heterocycles. The van der Waals surface area contributed by atoms with Crippen LogP contribution in [0.4, 0.5) is 13.2 Å². The fourth-order valence-corrected chi connectivity index (χ4v) is 4.80. The van der Waals surface area contributed by atoms with Gasteiger partial charge >= 0.3 is 6.18 Å². The minimum absolute atomic E-state index is 0.0434. The molecule has 2 aromatic carbocycles. The van der Waals surface area contributed by atoms with Crippen LogP contribution in [0.1, 0.15) is 54.6 Å². The lowest BCUT2D eigenvalue weighted by atomic mass is 9.95. The quantitative estimate of drug-likeness (QED) is 0.459. The van der Waals surface area contributed by atoms with Crippen LogP contribution in [0, 0.1) is 0 Å². The van der Waals surface area contributed by atoms with Gasteiger partial charge in [0.15, 0.2) is 0 Å². The Hall–Kier alpha value is -2.91. The van der Waals surface area contributed by atoms with E-state index < -0.39 is 17.8 Å². The summed E-state index contributed by atoms with van der Waals surface area (Å²) in [7, 11) is 1.68. The summed E-state index contributed by atoms with van der Waals surface area (Å²) >= 11 is 0. The van der Waals surface area contributed by atoms with E-state index in [2.05, 4.69) is 10.6 Å². The van der Waals surface area contributed by atoms with Crippen molar-refractivity contribution in [2.75, 3.05) is 26.8 Å². The third kappa shape index (κ3) is 5.85. The fraction of sp³-hybridized carbons (Fsp3) is 0.462. The van der Waals surface area contributed by atoms with Crippen molar-refractivity contribution in [3.63, 3.8) is 0 Å². The second kappa shape index (κ2) is 10.8. The van der Waals surface area contributed by atoms with Gasteiger partial charge in [0.2, 0.25) is 5.91 Å². The Morgan fingerprint density at radius 3 is 2.80 bits per heavy atom. The number of alkyl halides is 3. The van der Waals surface area contributed by atoms with Gasteiger partial charge in [-0.25, -0.2) is 4.98 Å². The summed E-state index contributed by atoms with van der Waals surface area (Å²) in [6.45, 7) is 2.54. The van der Waals surface area contributed by atoms with Crippen molar-refractivity contribution in [3.05, 3.63) is 65.5 Å². The first-order valence-electron chi connectivity index (χ1n) is 11.9. The molecule has 1 aliphatic rings. The Balaban J connectivity index is 1.48. The van der Waals surface area contributed by atoms with E-state index in [9.17, 15) is 18.0 Å². The van der Waals surface area contributed by atoms with Crippen LogP contribution in [0.15, 0.2) is 48.5 Å². The lowest BCUT2D eigenvalue weighted by Gasteiger charge is -2.33. The number of methoxy groups -OCH3 is 1. The number of hydrogen-bond donors (Lipinski definition) is 1. The molecule has 188 valence electrons. The maximum Gasteiger partial charge on any atom is 0.416 e. The number of nitrogens with two attached hydrogens (primary N) is 1. The topological polar surface area (TPSA) is 73.4 Å². The minimum atomic E-state index is -4.45. The standard InChI is InChI=1S/C26H31F3N4O2/c1-35-14-6-13-33-23-11-3-2-10-22(23)31-25(33)19-8-5-12-32(17-19)24(34)16-21(30)18-7-4-9-20(15-18)26(27,28)29/h2-4,7,9-11,15,19,21H,5-6,8,12-14,16-17,30H2,1H3. The van der Waals surface area contributed by atoms with Crippen molar-refractivity contribution in [1.29, 1.82) is 0 Å². The van der Waals surface area contributed by atoms with Gasteiger partial charge in [0, 0.05) is 51.7 Å². The number of fused-ring (bicyclic) bond motifs is 1. The maximum absolute atomic E-state index is 13.1. The summed E-state index contributed by atoms with van der Waals surface area (Å²) in [5.41, 5.74) is 7.70. The van der Waals surface area contributed by atoms with Crippen molar-refractivity contribution in [2.45, 2.75) is 50.4 Å². The van der Waals surface area contributed by atoms with Gasteiger partial charge in [0.25, 0.3) is 0 Å². The van der Waals surface area contributed by atoms with Crippen LogP contribution >= 0.6 is 0 Å². The number of hydrogen-bond acceptors (Lipinski definition) is 4. The van der Waals surface area contributed by atoms with Gasteiger partial charge in [-0.2, -0.15) is 13.2 Å². The highest BCUT2D eigenvalue weighted by Gasteiger charge is 2.32. The molecule has 2 N–H and O–H groups in total. The van der Waals surface area contributed by atoms with Crippen LogP contribution in [0.25, 0.3) is 11.0 Å². The predicted molar refractivity (Wildman–Crippen MR) is 128 cm³/mol. The summed E-state index contributed by atoms with van der Waals surface area (Å²) in [5.74, 6) is 0.885. The van der Waals surface area contributed by atoms with E-state index in [0.29, 0.717) is 25.3 Å². The van der Waals surface area contributed by atoms with E-state index in [4.69, 9.17) is 15.5 Å². The first kappa shape index (κ1) is 25.2. The third-order valence-corrected chi connectivity index (χ3v) is 6.59. The van der Waals surface area contributed by atoms with E-state index in [1.807, 2.05) is 18.2 Å². The number of likely N-dealkylation sites (tertiary alicyclic amines) is 1. The number of imidazole rings is 1. The number of carbonyl (C=O) groups is 1. The molecule has 0 aliphatic carbocycles. The Morgan fingerprint density at radius 1 is 1.23 bits per heavy atom. The lowest BCUT2D eigenvalue weighted by molar-refractivity contribution is -0.137. The van der Waals surface area contributed by atoms with Crippen LogP contribution in [-0.4, -0.2) is 47.2 Å². The number of rotatable bonds is 8. The number of para-hydroxylation sites is 2. The minimum Gasteiger partial charge on any atom is -0.385 e. The highest BCUT2D eigenvalue weighted by Crippen LogP contribution is 2.32. The molecule has 1 amide bonds. The highest BCUT2D eigenvalue weighted by atomic mass is 19.4. The second-order valence-electron chi connectivity index (χ2n) is 9.07. The van der Waals surface area contributed by atoms with E-state index in [-0.39, 0.29) is 18.2 Å². The van der Waals surface area contributed by atoms with Crippen molar-refractivity contribution >= 4 is 16.9 Å². The molecule has 6 nitrogen and oxygen atoms in total. The summed E-state index contributed by atoms with van der Waals surface area (Å²) in [5, 5.41) is 0. The molecule has 3 aromatic rings. The molecular formula is C26H31F3N4O2. The predicted octanol–water partition coefficient (Wildman–Crippen LogP) is 4.89. The van der Waals surface area contributed by atoms with Crippen molar-refractivity contribution in [2.24, 2.45) is 5.73 Å². The van der Waals surface area contributed by atoms with Crippen LogP contribution in [-0.2, 0) is 22.3 Å². The molecule has 35 heavy (non-hydrogen) atoms. The first-order valence-corrected chi connectivity index (χ1v) is 11.9. The summed E-state index contributed by atoms with van der Waals surface area (Å²) in [6.07, 6.45) is -1.90. The monoisotopic (exact) mass is 488 g/mol. The van der Waals surface area contributed by atoms with Gasteiger partial charge in [-0.15, -0.1) is 0 Å². The number of halogens is 3. The molecule has 2 unspecified atom stereocenters. The SMILES string of the molecule is COCCCn1c(C2CCCN(C(=O)CC(N)c3cccc(C(F)(F)F)c3)C2)nc2ccccc21. The van der Waals surface area contributed by atoms with Crippen LogP contribution in [0.5, 0.6) is 0 Å². The Labute approximate surface area is 202 Å². The van der Waals surface area contributed by atoms with Gasteiger partial charge in [0.05, 0.1) is 16.6 Å². The van der Waals surface area contributed by atoms with E-state index in [1.165, 1.54) is 12.1 Å². The molecule has 0 radical (unpaired) electrons. The van der Waals surface area contributed by atoms with Gasteiger partial charge in [-0.3, -0.25) is 4.79 Å². The summed E-state index contributed by atoms with van der Waals surface area (Å²) in [6, 6.07) is 12.1. The second-order valence-corrected chi connectivity index (χ2v) is 9.07. The molecule has 0 bridgehead atoms. The zero-order chi connectivity index (χ0) is 25.0. The fourth-order valence-electron chi connectivity index (χ4n) is 4.80. The largest absolute Gasteiger partial charge is 0.416 e. The average molecular weight is 489 g/mol. The Bertz CT molecular complexity index is 1160. The number of carbonyl (C=O) groups excluding carboxylic acids is 1. The van der Waals surface area contributed by atoms with Crippen molar-refractivity contribution in [1.82, 2.24) is 14.5 Å². The number of aromatic nitrogens is 2. The third-order valence-electron chi connectivity index (χ3n) is 6.59. The number of aryl methyl sites for hydroxylation is 1. The number of nitrogens with zero attached hydrogens (tertiary/aromatic N) is 3. The molecule has 0 spiro atoms.